The second kappa shape index (κ2) is 7.27. The van der Waals surface area contributed by atoms with Crippen LogP contribution in [0.1, 0.15) is 41.1 Å². The van der Waals surface area contributed by atoms with Crippen LogP contribution in [0.4, 0.5) is 5.00 Å². The van der Waals surface area contributed by atoms with E-state index in [1.54, 1.807) is 20.8 Å². The molecule has 0 aliphatic carbocycles. The van der Waals surface area contributed by atoms with Crippen molar-refractivity contribution >= 4 is 39.8 Å². The van der Waals surface area contributed by atoms with Gasteiger partial charge in [-0.25, -0.2) is 4.79 Å². The van der Waals surface area contributed by atoms with Crippen molar-refractivity contribution in [3.63, 3.8) is 0 Å². The monoisotopic (exact) mass is 314 g/mol. The molecule has 0 spiro atoms. The number of carbonyl (C=O) groups is 2. The Kier molecular flexibility index (Phi) is 5.99. The van der Waals surface area contributed by atoms with Crippen LogP contribution in [0.2, 0.25) is 0 Å². The van der Waals surface area contributed by atoms with Gasteiger partial charge in [0, 0.05) is 12.3 Å². The summed E-state index contributed by atoms with van der Waals surface area (Å²) < 4.78 is 5.11. The number of anilines is 1. The van der Waals surface area contributed by atoms with Gasteiger partial charge < -0.3 is 10.1 Å². The number of rotatable bonds is 5. The molecule has 0 aliphatic heterocycles. The molecule has 0 bridgehead atoms. The van der Waals surface area contributed by atoms with Crippen molar-refractivity contribution in [2.24, 2.45) is 0 Å². The van der Waals surface area contributed by atoms with Crippen LogP contribution in [0, 0.1) is 18.3 Å². The summed E-state index contributed by atoms with van der Waals surface area (Å²) >= 11 is 6.53. The minimum atomic E-state index is -0.489. The maximum atomic E-state index is 11.9. The van der Waals surface area contributed by atoms with E-state index >= 15 is 0 Å². The summed E-state index contributed by atoms with van der Waals surface area (Å²) in [6, 6.07) is 1.99. The number of alkyl halides is 1. The Bertz CT molecular complexity index is 561. The van der Waals surface area contributed by atoms with E-state index in [-0.39, 0.29) is 29.9 Å². The minimum absolute atomic E-state index is 0.148. The molecule has 0 aliphatic rings. The molecule has 1 rings (SSSR count). The van der Waals surface area contributed by atoms with Gasteiger partial charge in [-0.1, -0.05) is 0 Å². The standard InChI is InChI=1S/C13H15ClN2O3S/c1-7(2)19-13(18)11-8(3)9(6-15)12(20-11)16-10(17)4-5-14/h7H,4-5H2,1-3H3,(H,16,17). The van der Waals surface area contributed by atoms with Gasteiger partial charge in [0.05, 0.1) is 11.7 Å². The summed E-state index contributed by atoms with van der Waals surface area (Å²) in [5.74, 6) is -0.585. The average Bonchev–Trinajstić information content (AvgIpc) is 2.65. The third kappa shape index (κ3) is 3.95. The van der Waals surface area contributed by atoms with E-state index < -0.39 is 5.97 Å². The van der Waals surface area contributed by atoms with Crippen molar-refractivity contribution in [3.8, 4) is 6.07 Å². The molecular formula is C13H15ClN2O3S. The van der Waals surface area contributed by atoms with Gasteiger partial charge in [0.1, 0.15) is 15.9 Å². The predicted octanol–water partition coefficient (Wildman–Crippen LogP) is 3.06. The summed E-state index contributed by atoms with van der Waals surface area (Å²) in [4.78, 5) is 23.8. The second-order valence-corrected chi connectivity index (χ2v) is 5.71. The van der Waals surface area contributed by atoms with Crippen molar-refractivity contribution in [1.29, 1.82) is 5.26 Å². The van der Waals surface area contributed by atoms with Crippen LogP contribution in [0.15, 0.2) is 0 Å². The zero-order chi connectivity index (χ0) is 15.3. The van der Waals surface area contributed by atoms with Gasteiger partial charge in [-0.3, -0.25) is 4.79 Å². The molecule has 0 atom stereocenters. The first-order chi connectivity index (χ1) is 9.40. The van der Waals surface area contributed by atoms with E-state index in [4.69, 9.17) is 21.6 Å². The number of nitriles is 1. The Morgan fingerprint density at radius 2 is 2.15 bits per heavy atom. The highest BCUT2D eigenvalue weighted by atomic mass is 35.5. The lowest BCUT2D eigenvalue weighted by Gasteiger charge is -2.06. The highest BCUT2D eigenvalue weighted by molar-refractivity contribution is 7.18. The first-order valence-corrected chi connectivity index (χ1v) is 7.36. The first-order valence-electron chi connectivity index (χ1n) is 6.01. The van der Waals surface area contributed by atoms with Crippen molar-refractivity contribution in [1.82, 2.24) is 0 Å². The summed E-state index contributed by atoms with van der Waals surface area (Å²) in [5.41, 5.74) is 0.804. The van der Waals surface area contributed by atoms with Gasteiger partial charge in [-0.05, 0) is 26.3 Å². The molecule has 1 aromatic heterocycles. The normalized spacial score (nSPS) is 10.2. The first kappa shape index (κ1) is 16.5. The molecule has 5 nitrogen and oxygen atoms in total. The van der Waals surface area contributed by atoms with Crippen molar-refractivity contribution in [2.45, 2.75) is 33.3 Å². The number of thiophene rings is 1. The summed E-state index contributed by atoms with van der Waals surface area (Å²) in [6.07, 6.45) is -0.0985. The average molecular weight is 315 g/mol. The fourth-order valence-corrected chi connectivity index (χ4v) is 2.70. The Morgan fingerprint density at radius 1 is 1.50 bits per heavy atom. The number of nitrogens with one attached hydrogen (secondary N) is 1. The number of hydrogen-bond donors (Lipinski definition) is 1. The fourth-order valence-electron chi connectivity index (χ4n) is 1.47. The van der Waals surface area contributed by atoms with Crippen LogP contribution in [0.3, 0.4) is 0 Å². The van der Waals surface area contributed by atoms with Crippen LogP contribution in [0.5, 0.6) is 0 Å². The van der Waals surface area contributed by atoms with Gasteiger partial charge in [-0.2, -0.15) is 5.26 Å². The zero-order valence-electron chi connectivity index (χ0n) is 11.4. The molecule has 0 aromatic carbocycles. The quantitative estimate of drug-likeness (QED) is 0.669. The molecule has 108 valence electrons. The van der Waals surface area contributed by atoms with Gasteiger partial charge in [0.25, 0.3) is 0 Å². The van der Waals surface area contributed by atoms with Crippen LogP contribution >= 0.6 is 22.9 Å². The van der Waals surface area contributed by atoms with Gasteiger partial charge >= 0.3 is 5.97 Å². The van der Waals surface area contributed by atoms with E-state index in [0.717, 1.165) is 11.3 Å². The van der Waals surface area contributed by atoms with Crippen LogP contribution in [-0.2, 0) is 9.53 Å². The van der Waals surface area contributed by atoms with Crippen LogP contribution in [-0.4, -0.2) is 23.9 Å². The summed E-state index contributed by atoms with van der Waals surface area (Å²) in [5, 5.41) is 12.1. The van der Waals surface area contributed by atoms with Gasteiger partial charge in [-0.15, -0.1) is 22.9 Å². The molecule has 0 unspecified atom stereocenters. The Hall–Kier alpha value is -1.58. The maximum absolute atomic E-state index is 11.9. The number of esters is 1. The molecule has 1 heterocycles. The van der Waals surface area contributed by atoms with E-state index in [2.05, 4.69) is 5.32 Å². The molecule has 1 amide bonds. The second-order valence-electron chi connectivity index (χ2n) is 4.31. The van der Waals surface area contributed by atoms with Crippen molar-refractivity contribution in [2.75, 3.05) is 11.2 Å². The summed E-state index contributed by atoms with van der Waals surface area (Å²) in [6.45, 7) is 5.15. The lowest BCUT2D eigenvalue weighted by atomic mass is 10.2. The Morgan fingerprint density at radius 3 is 2.65 bits per heavy atom. The number of carbonyl (C=O) groups excluding carboxylic acids is 2. The third-order valence-corrected chi connectivity index (χ3v) is 3.74. The van der Waals surface area contributed by atoms with E-state index in [1.165, 1.54) is 0 Å². The van der Waals surface area contributed by atoms with Crippen molar-refractivity contribution in [3.05, 3.63) is 16.0 Å². The highest BCUT2D eigenvalue weighted by Gasteiger charge is 2.22. The molecule has 1 N–H and O–H groups in total. The number of nitrogens with zero attached hydrogens (tertiary/aromatic N) is 1. The zero-order valence-corrected chi connectivity index (χ0v) is 13.0. The maximum Gasteiger partial charge on any atom is 0.348 e. The highest BCUT2D eigenvalue weighted by Crippen LogP contribution is 2.33. The number of ether oxygens (including phenoxy) is 1. The lowest BCUT2D eigenvalue weighted by molar-refractivity contribution is -0.115. The molecular weight excluding hydrogens is 300 g/mol. The number of amides is 1. The largest absolute Gasteiger partial charge is 0.459 e. The number of halogens is 1. The molecule has 7 heteroatoms. The third-order valence-electron chi connectivity index (χ3n) is 2.36. The molecule has 0 saturated carbocycles. The minimum Gasteiger partial charge on any atom is -0.459 e. The van der Waals surface area contributed by atoms with Crippen molar-refractivity contribution < 1.29 is 14.3 Å². The van der Waals surface area contributed by atoms with E-state index in [0.29, 0.717) is 15.4 Å². The molecule has 0 fully saturated rings. The van der Waals surface area contributed by atoms with E-state index in [9.17, 15) is 9.59 Å². The topological polar surface area (TPSA) is 79.2 Å². The molecule has 20 heavy (non-hydrogen) atoms. The van der Waals surface area contributed by atoms with Gasteiger partial charge in [0.2, 0.25) is 5.91 Å². The SMILES string of the molecule is Cc1c(C(=O)OC(C)C)sc(NC(=O)CCCl)c1C#N. The molecule has 0 radical (unpaired) electrons. The van der Waals surface area contributed by atoms with Crippen LogP contribution < -0.4 is 5.32 Å². The molecule has 1 aromatic rings. The predicted molar refractivity (Wildman–Crippen MR) is 78.3 cm³/mol. The van der Waals surface area contributed by atoms with E-state index in [1.807, 2.05) is 6.07 Å². The summed E-state index contributed by atoms with van der Waals surface area (Å²) in [7, 11) is 0. The fraction of sp³-hybridized carbons (Fsp3) is 0.462. The molecule has 0 saturated heterocycles. The Labute approximate surface area is 126 Å². The lowest BCUT2D eigenvalue weighted by Crippen LogP contribution is -2.11. The Balaban J connectivity index is 3.06. The van der Waals surface area contributed by atoms with Gasteiger partial charge in [0.15, 0.2) is 0 Å². The smallest absolute Gasteiger partial charge is 0.348 e. The number of hydrogen-bond acceptors (Lipinski definition) is 5. The van der Waals surface area contributed by atoms with Crippen LogP contribution in [0.25, 0.3) is 0 Å².